The lowest BCUT2D eigenvalue weighted by atomic mass is 9.77. The summed E-state index contributed by atoms with van der Waals surface area (Å²) in [4.78, 5) is 12.8. The summed E-state index contributed by atoms with van der Waals surface area (Å²) in [7, 11) is 0. The van der Waals surface area contributed by atoms with Gasteiger partial charge < -0.3 is 9.84 Å². The summed E-state index contributed by atoms with van der Waals surface area (Å²) in [6.45, 7) is 4.16. The van der Waals surface area contributed by atoms with Crippen molar-refractivity contribution in [3.63, 3.8) is 0 Å². The van der Waals surface area contributed by atoms with Crippen molar-refractivity contribution in [2.75, 3.05) is 13.1 Å². The maximum Gasteiger partial charge on any atom is 0.234 e. The Labute approximate surface area is 118 Å². The molecule has 0 radical (unpaired) electrons. The zero-order valence-corrected chi connectivity index (χ0v) is 11.7. The van der Waals surface area contributed by atoms with Gasteiger partial charge in [-0.15, -0.1) is 0 Å². The highest BCUT2D eigenvalue weighted by atomic mass is 16.5. The first-order valence-electron chi connectivity index (χ1n) is 7.15. The largest absolute Gasteiger partial charge is 0.338 e. The number of nitrogens with zero attached hydrogens (tertiary/aromatic N) is 4. The van der Waals surface area contributed by atoms with Crippen LogP contribution in [0.1, 0.15) is 38.5 Å². The van der Waals surface area contributed by atoms with Crippen molar-refractivity contribution in [2.45, 2.75) is 38.0 Å². The van der Waals surface area contributed by atoms with Crippen LogP contribution in [0.2, 0.25) is 0 Å². The molecule has 0 aromatic carbocycles. The highest BCUT2D eigenvalue weighted by Gasteiger charge is 2.38. The molecule has 106 valence electrons. The quantitative estimate of drug-likeness (QED) is 0.917. The molecule has 2 aromatic heterocycles. The van der Waals surface area contributed by atoms with Crippen molar-refractivity contribution in [1.82, 2.24) is 25.4 Å². The van der Waals surface area contributed by atoms with E-state index in [0.29, 0.717) is 11.5 Å². The second kappa shape index (κ2) is 5.66. The molecular formula is C14H19N5O. The van der Waals surface area contributed by atoms with Crippen molar-refractivity contribution in [1.29, 1.82) is 0 Å². The fourth-order valence-electron chi connectivity index (χ4n) is 2.91. The van der Waals surface area contributed by atoms with Gasteiger partial charge >= 0.3 is 0 Å². The third kappa shape index (κ3) is 2.43. The molecule has 1 N–H and O–H groups in total. The molecule has 3 rings (SSSR count). The molecule has 2 aromatic rings. The maximum atomic E-state index is 5.55. The Morgan fingerprint density at radius 2 is 2.35 bits per heavy atom. The first-order valence-corrected chi connectivity index (χ1v) is 7.15. The van der Waals surface area contributed by atoms with Crippen LogP contribution < -0.4 is 5.32 Å². The van der Waals surface area contributed by atoms with Crippen LogP contribution >= 0.6 is 0 Å². The normalized spacial score (nSPS) is 22.9. The topological polar surface area (TPSA) is 76.7 Å². The monoisotopic (exact) mass is 273 g/mol. The van der Waals surface area contributed by atoms with Crippen LogP contribution in [-0.4, -0.2) is 33.2 Å². The van der Waals surface area contributed by atoms with E-state index in [-0.39, 0.29) is 5.41 Å². The van der Waals surface area contributed by atoms with Crippen LogP contribution in [0.15, 0.2) is 23.1 Å². The third-order valence-corrected chi connectivity index (χ3v) is 3.87. The molecule has 0 bridgehead atoms. The smallest absolute Gasteiger partial charge is 0.234 e. The Morgan fingerprint density at radius 3 is 3.05 bits per heavy atom. The van der Waals surface area contributed by atoms with Gasteiger partial charge in [0.25, 0.3) is 0 Å². The van der Waals surface area contributed by atoms with Gasteiger partial charge in [-0.3, -0.25) is 4.98 Å². The lowest BCUT2D eigenvalue weighted by Crippen LogP contribution is -2.43. The van der Waals surface area contributed by atoms with Gasteiger partial charge in [-0.1, -0.05) is 18.5 Å². The molecule has 1 atom stereocenters. The van der Waals surface area contributed by atoms with Crippen LogP contribution in [0.3, 0.4) is 0 Å². The molecule has 0 amide bonds. The van der Waals surface area contributed by atoms with Gasteiger partial charge in [-0.25, -0.2) is 4.98 Å². The number of aromatic nitrogens is 4. The van der Waals surface area contributed by atoms with Gasteiger partial charge in [0.2, 0.25) is 11.7 Å². The molecule has 0 spiro atoms. The van der Waals surface area contributed by atoms with E-state index in [0.717, 1.165) is 44.7 Å². The first-order chi connectivity index (χ1) is 9.84. The summed E-state index contributed by atoms with van der Waals surface area (Å²) in [5.41, 5.74) is 0.624. The fourth-order valence-corrected chi connectivity index (χ4v) is 2.91. The minimum absolute atomic E-state index is 0.0273. The fraction of sp³-hybridized carbons (Fsp3) is 0.571. The minimum Gasteiger partial charge on any atom is -0.338 e. The predicted octanol–water partition coefficient (Wildman–Crippen LogP) is 1.95. The number of rotatable bonds is 4. The molecular weight excluding hydrogens is 254 g/mol. The molecule has 0 aliphatic carbocycles. The van der Waals surface area contributed by atoms with Gasteiger partial charge in [-0.2, -0.15) is 4.98 Å². The van der Waals surface area contributed by atoms with Gasteiger partial charge in [0.15, 0.2) is 0 Å². The van der Waals surface area contributed by atoms with E-state index in [1.54, 1.807) is 18.6 Å². The van der Waals surface area contributed by atoms with Crippen LogP contribution in [-0.2, 0) is 5.41 Å². The van der Waals surface area contributed by atoms with Crippen LogP contribution in [0.25, 0.3) is 11.5 Å². The Morgan fingerprint density at radius 1 is 1.40 bits per heavy atom. The first kappa shape index (κ1) is 13.2. The van der Waals surface area contributed by atoms with Crippen molar-refractivity contribution in [3.8, 4) is 11.5 Å². The Kier molecular flexibility index (Phi) is 3.73. The van der Waals surface area contributed by atoms with E-state index in [9.17, 15) is 0 Å². The van der Waals surface area contributed by atoms with E-state index in [4.69, 9.17) is 4.52 Å². The average molecular weight is 273 g/mol. The zero-order chi connectivity index (χ0) is 13.8. The van der Waals surface area contributed by atoms with E-state index in [2.05, 4.69) is 32.3 Å². The Balaban J connectivity index is 1.91. The summed E-state index contributed by atoms with van der Waals surface area (Å²) in [5.74, 6) is 1.25. The van der Waals surface area contributed by atoms with Crippen LogP contribution in [0.4, 0.5) is 0 Å². The second-order valence-corrected chi connectivity index (χ2v) is 5.32. The molecule has 1 unspecified atom stereocenters. The molecule has 1 fully saturated rings. The second-order valence-electron chi connectivity index (χ2n) is 5.32. The molecule has 6 nitrogen and oxygen atoms in total. The summed E-state index contributed by atoms with van der Waals surface area (Å²) in [6, 6.07) is 0. The van der Waals surface area contributed by atoms with Gasteiger partial charge in [0, 0.05) is 18.9 Å². The van der Waals surface area contributed by atoms with Crippen molar-refractivity contribution in [3.05, 3.63) is 24.5 Å². The highest BCUT2D eigenvalue weighted by molar-refractivity contribution is 5.45. The summed E-state index contributed by atoms with van der Waals surface area (Å²) in [6.07, 6.45) is 9.31. The summed E-state index contributed by atoms with van der Waals surface area (Å²) >= 11 is 0. The molecule has 3 heterocycles. The highest BCUT2D eigenvalue weighted by Crippen LogP contribution is 2.35. The Hall–Kier alpha value is -1.82. The maximum absolute atomic E-state index is 5.55. The van der Waals surface area contributed by atoms with Gasteiger partial charge in [0.05, 0.1) is 11.6 Å². The van der Waals surface area contributed by atoms with Crippen molar-refractivity contribution < 1.29 is 4.52 Å². The van der Waals surface area contributed by atoms with Gasteiger partial charge in [-0.05, 0) is 25.8 Å². The number of nitrogens with one attached hydrogen (secondary N) is 1. The summed E-state index contributed by atoms with van der Waals surface area (Å²) < 4.78 is 5.55. The molecule has 1 aliphatic rings. The van der Waals surface area contributed by atoms with Crippen LogP contribution in [0.5, 0.6) is 0 Å². The number of hydrogen-bond donors (Lipinski definition) is 1. The zero-order valence-electron chi connectivity index (χ0n) is 11.7. The third-order valence-electron chi connectivity index (χ3n) is 3.87. The lowest BCUT2D eigenvalue weighted by molar-refractivity contribution is 0.213. The van der Waals surface area contributed by atoms with E-state index < -0.39 is 0 Å². The SMILES string of the molecule is CCCC1(c2nc(-c3cnccn3)no2)CCCNC1. The van der Waals surface area contributed by atoms with Crippen molar-refractivity contribution >= 4 is 0 Å². The summed E-state index contributed by atoms with van der Waals surface area (Å²) in [5, 5.41) is 7.52. The van der Waals surface area contributed by atoms with Gasteiger partial charge in [0.1, 0.15) is 5.69 Å². The van der Waals surface area contributed by atoms with Crippen molar-refractivity contribution in [2.24, 2.45) is 0 Å². The number of hydrogen-bond acceptors (Lipinski definition) is 6. The minimum atomic E-state index is -0.0273. The van der Waals surface area contributed by atoms with E-state index in [1.165, 1.54) is 0 Å². The molecule has 6 heteroatoms. The lowest BCUT2D eigenvalue weighted by Gasteiger charge is -2.34. The molecule has 20 heavy (non-hydrogen) atoms. The standard InChI is InChI=1S/C14H19N5O/c1-2-4-14(5-3-6-16-10-14)13-18-12(19-20-13)11-9-15-7-8-17-11/h7-9,16H,2-6,10H2,1H3. The predicted molar refractivity (Wildman–Crippen MR) is 74.0 cm³/mol. The Bertz CT molecular complexity index is 542. The van der Waals surface area contributed by atoms with Crippen LogP contribution in [0, 0.1) is 0 Å². The molecule has 1 aliphatic heterocycles. The molecule has 1 saturated heterocycles. The molecule has 0 saturated carbocycles. The number of piperidine rings is 1. The van der Waals surface area contributed by atoms with E-state index in [1.807, 2.05) is 0 Å². The van der Waals surface area contributed by atoms with E-state index >= 15 is 0 Å². The average Bonchev–Trinajstić information content (AvgIpc) is 3.00.